The summed E-state index contributed by atoms with van der Waals surface area (Å²) < 4.78 is 18.6. The lowest BCUT2D eigenvalue weighted by Gasteiger charge is -2.17. The predicted molar refractivity (Wildman–Crippen MR) is 102 cm³/mol. The van der Waals surface area contributed by atoms with Gasteiger partial charge >= 0.3 is 0 Å². The van der Waals surface area contributed by atoms with E-state index in [0.717, 1.165) is 46.0 Å². The third-order valence-corrected chi connectivity index (χ3v) is 4.49. The van der Waals surface area contributed by atoms with Crippen molar-refractivity contribution in [3.63, 3.8) is 0 Å². The van der Waals surface area contributed by atoms with Gasteiger partial charge in [0.15, 0.2) is 11.5 Å². The highest BCUT2D eigenvalue weighted by Crippen LogP contribution is 2.32. The first kappa shape index (κ1) is 16.2. The van der Waals surface area contributed by atoms with Crippen molar-refractivity contribution < 1.29 is 14.2 Å². The second kappa shape index (κ2) is 6.57. The van der Waals surface area contributed by atoms with Crippen LogP contribution in [0.3, 0.4) is 0 Å². The molecule has 0 fully saturated rings. The Bertz CT molecular complexity index is 1040. The standard InChI is InChI=1S/C21H20N2O3/c1-3-23-17(21(22)16-7-6-15(24-2)13-18(16)23)8-4-14-5-9-19-20(12-14)26-11-10-25-19/h5-7,9,12-13H,3,10-11,22H2,1-2H3. The Morgan fingerprint density at radius 3 is 2.65 bits per heavy atom. The van der Waals surface area contributed by atoms with Crippen LogP contribution in [0.1, 0.15) is 18.2 Å². The number of nitrogens with zero attached hydrogens (tertiary/aromatic N) is 1. The van der Waals surface area contributed by atoms with Crippen molar-refractivity contribution in [2.45, 2.75) is 13.5 Å². The van der Waals surface area contributed by atoms with Crippen molar-refractivity contribution in [3.05, 3.63) is 47.7 Å². The minimum Gasteiger partial charge on any atom is -0.497 e. The molecule has 0 unspecified atom stereocenters. The van der Waals surface area contributed by atoms with E-state index >= 15 is 0 Å². The summed E-state index contributed by atoms with van der Waals surface area (Å²) in [6.07, 6.45) is 0. The maximum absolute atomic E-state index is 6.37. The fourth-order valence-electron chi connectivity index (χ4n) is 3.20. The Morgan fingerprint density at radius 1 is 1.08 bits per heavy atom. The highest BCUT2D eigenvalue weighted by Gasteiger charge is 2.14. The van der Waals surface area contributed by atoms with Crippen molar-refractivity contribution in [2.24, 2.45) is 0 Å². The van der Waals surface area contributed by atoms with Crippen LogP contribution in [0.15, 0.2) is 36.4 Å². The number of nitrogens with two attached hydrogens (primary N) is 1. The quantitative estimate of drug-likeness (QED) is 0.721. The Labute approximate surface area is 152 Å². The van der Waals surface area contributed by atoms with Crippen LogP contribution in [0.4, 0.5) is 5.69 Å². The first-order valence-electron chi connectivity index (χ1n) is 8.58. The smallest absolute Gasteiger partial charge is 0.162 e. The number of anilines is 1. The average Bonchev–Trinajstić information content (AvgIpc) is 2.96. The zero-order valence-electron chi connectivity index (χ0n) is 14.8. The van der Waals surface area contributed by atoms with Gasteiger partial charge in [-0.2, -0.15) is 0 Å². The fourth-order valence-corrected chi connectivity index (χ4v) is 3.20. The molecule has 0 saturated carbocycles. The molecule has 2 heterocycles. The molecule has 0 saturated heterocycles. The molecule has 1 aliphatic rings. The van der Waals surface area contributed by atoms with Crippen LogP contribution in [-0.4, -0.2) is 24.9 Å². The van der Waals surface area contributed by atoms with Crippen LogP contribution in [0.2, 0.25) is 0 Å². The van der Waals surface area contributed by atoms with Crippen molar-refractivity contribution in [1.82, 2.24) is 4.57 Å². The van der Waals surface area contributed by atoms with Gasteiger partial charge in [0.1, 0.15) is 24.7 Å². The van der Waals surface area contributed by atoms with E-state index in [9.17, 15) is 0 Å². The van der Waals surface area contributed by atoms with E-state index in [1.54, 1.807) is 7.11 Å². The number of hydrogen-bond acceptors (Lipinski definition) is 4. The number of methoxy groups -OCH3 is 1. The summed E-state index contributed by atoms with van der Waals surface area (Å²) in [6.45, 7) is 3.98. The number of aromatic nitrogens is 1. The minimum atomic E-state index is 0.558. The van der Waals surface area contributed by atoms with Gasteiger partial charge in [-0.15, -0.1) is 0 Å². The minimum absolute atomic E-state index is 0.558. The molecule has 26 heavy (non-hydrogen) atoms. The van der Waals surface area contributed by atoms with Gasteiger partial charge in [0, 0.05) is 23.6 Å². The molecule has 2 aromatic carbocycles. The van der Waals surface area contributed by atoms with Crippen LogP contribution in [0.25, 0.3) is 10.9 Å². The molecule has 0 radical (unpaired) electrons. The van der Waals surface area contributed by atoms with Crippen LogP contribution >= 0.6 is 0 Å². The molecular weight excluding hydrogens is 328 g/mol. The number of benzene rings is 2. The monoisotopic (exact) mass is 348 g/mol. The first-order chi connectivity index (χ1) is 12.7. The molecule has 3 aromatic rings. The van der Waals surface area contributed by atoms with Crippen molar-refractivity contribution in [1.29, 1.82) is 0 Å². The molecule has 0 bridgehead atoms. The summed E-state index contributed by atoms with van der Waals surface area (Å²) in [4.78, 5) is 0. The van der Waals surface area contributed by atoms with E-state index < -0.39 is 0 Å². The van der Waals surface area contributed by atoms with Crippen LogP contribution < -0.4 is 19.9 Å². The van der Waals surface area contributed by atoms with Gasteiger partial charge in [-0.25, -0.2) is 0 Å². The van der Waals surface area contributed by atoms with E-state index in [0.29, 0.717) is 18.9 Å². The normalized spacial score (nSPS) is 12.5. The first-order valence-corrected chi connectivity index (χ1v) is 8.58. The van der Waals surface area contributed by atoms with Gasteiger partial charge in [-0.3, -0.25) is 0 Å². The lowest BCUT2D eigenvalue weighted by Crippen LogP contribution is -2.15. The maximum Gasteiger partial charge on any atom is 0.162 e. The zero-order chi connectivity index (χ0) is 18.1. The number of nitrogen functional groups attached to an aromatic ring is 1. The predicted octanol–water partition coefficient (Wildman–Crippen LogP) is 3.42. The van der Waals surface area contributed by atoms with Gasteiger partial charge in [-0.05, 0) is 43.2 Å². The summed E-state index contributed by atoms with van der Waals surface area (Å²) in [5.74, 6) is 8.73. The summed E-state index contributed by atoms with van der Waals surface area (Å²) in [6, 6.07) is 11.6. The molecule has 1 aliphatic heterocycles. The number of rotatable bonds is 2. The van der Waals surface area contributed by atoms with Gasteiger partial charge in [-0.1, -0.05) is 5.92 Å². The molecule has 4 rings (SSSR count). The number of aryl methyl sites for hydroxylation is 1. The van der Waals surface area contributed by atoms with Crippen LogP contribution in [0.5, 0.6) is 17.2 Å². The lowest BCUT2D eigenvalue weighted by molar-refractivity contribution is 0.171. The Hall–Kier alpha value is -3.26. The van der Waals surface area contributed by atoms with Crippen LogP contribution in [0, 0.1) is 11.8 Å². The average molecular weight is 348 g/mol. The third-order valence-electron chi connectivity index (χ3n) is 4.49. The number of hydrogen-bond donors (Lipinski definition) is 1. The molecule has 0 spiro atoms. The molecule has 0 amide bonds. The lowest BCUT2D eigenvalue weighted by atomic mass is 10.2. The second-order valence-corrected chi connectivity index (χ2v) is 6.00. The summed E-state index contributed by atoms with van der Waals surface area (Å²) in [7, 11) is 1.66. The van der Waals surface area contributed by atoms with E-state index in [1.165, 1.54) is 0 Å². The fraction of sp³-hybridized carbons (Fsp3) is 0.238. The molecule has 5 nitrogen and oxygen atoms in total. The molecule has 132 valence electrons. The van der Waals surface area contributed by atoms with Crippen molar-refractivity contribution >= 4 is 16.6 Å². The van der Waals surface area contributed by atoms with Gasteiger partial charge in [0.2, 0.25) is 0 Å². The third kappa shape index (κ3) is 2.70. The van der Waals surface area contributed by atoms with E-state index in [-0.39, 0.29) is 0 Å². The van der Waals surface area contributed by atoms with E-state index in [2.05, 4.69) is 23.3 Å². The molecule has 0 atom stereocenters. The summed E-state index contributed by atoms with van der Waals surface area (Å²) >= 11 is 0. The SMILES string of the molecule is CCn1c(C#Cc2ccc3c(c2)OCCO3)c(N)c2ccc(OC)cc21. The van der Waals surface area contributed by atoms with E-state index in [4.69, 9.17) is 19.9 Å². The molecular formula is C21H20N2O3. The summed E-state index contributed by atoms with van der Waals surface area (Å²) in [5.41, 5.74) is 9.76. The van der Waals surface area contributed by atoms with Gasteiger partial charge < -0.3 is 24.5 Å². The molecule has 2 N–H and O–H groups in total. The number of ether oxygens (including phenoxy) is 3. The van der Waals surface area contributed by atoms with Gasteiger partial charge in [0.05, 0.1) is 18.3 Å². The topological polar surface area (TPSA) is 58.6 Å². The Kier molecular flexibility index (Phi) is 4.10. The molecule has 1 aromatic heterocycles. The second-order valence-electron chi connectivity index (χ2n) is 6.00. The highest BCUT2D eigenvalue weighted by atomic mass is 16.6. The largest absolute Gasteiger partial charge is 0.497 e. The van der Waals surface area contributed by atoms with Crippen molar-refractivity contribution in [2.75, 3.05) is 26.1 Å². The van der Waals surface area contributed by atoms with Gasteiger partial charge in [0.25, 0.3) is 0 Å². The van der Waals surface area contributed by atoms with E-state index in [1.807, 2.05) is 36.4 Å². The Morgan fingerprint density at radius 2 is 1.88 bits per heavy atom. The zero-order valence-corrected chi connectivity index (χ0v) is 14.8. The maximum atomic E-state index is 6.37. The highest BCUT2D eigenvalue weighted by molar-refractivity contribution is 5.96. The number of fused-ring (bicyclic) bond motifs is 2. The summed E-state index contributed by atoms with van der Waals surface area (Å²) in [5, 5.41) is 0.985. The molecule has 0 aliphatic carbocycles. The molecule has 5 heteroatoms. The Balaban J connectivity index is 1.78. The van der Waals surface area contributed by atoms with Crippen LogP contribution in [-0.2, 0) is 6.54 Å². The van der Waals surface area contributed by atoms with Crippen molar-refractivity contribution in [3.8, 4) is 29.1 Å².